The number of ether oxygens (including phenoxy) is 1. The predicted molar refractivity (Wildman–Crippen MR) is 108 cm³/mol. The molecule has 0 aliphatic rings. The molecule has 8 nitrogen and oxygen atoms in total. The van der Waals surface area contributed by atoms with Crippen LogP contribution in [0.3, 0.4) is 0 Å². The van der Waals surface area contributed by atoms with Gasteiger partial charge in [0.15, 0.2) is 0 Å². The van der Waals surface area contributed by atoms with Gasteiger partial charge in [0, 0.05) is 42.5 Å². The smallest absolute Gasteiger partial charge is 0.338 e. The molecule has 29 heavy (non-hydrogen) atoms. The van der Waals surface area contributed by atoms with E-state index in [9.17, 15) is 19.7 Å². The van der Waals surface area contributed by atoms with Gasteiger partial charge in [-0.1, -0.05) is 18.2 Å². The van der Waals surface area contributed by atoms with Crippen molar-refractivity contribution in [3.63, 3.8) is 0 Å². The van der Waals surface area contributed by atoms with Crippen molar-refractivity contribution >= 4 is 28.5 Å². The van der Waals surface area contributed by atoms with Crippen LogP contribution >= 0.6 is 0 Å². The number of fused-ring (bicyclic) bond motifs is 1. The van der Waals surface area contributed by atoms with Crippen molar-refractivity contribution in [2.45, 2.75) is 19.9 Å². The summed E-state index contributed by atoms with van der Waals surface area (Å²) >= 11 is 0. The SMILES string of the molecule is CCOC(=O)c1cc(C(=O)NCCCn2ccc3ccccc32)cc([N+](=O)[O-])c1. The molecule has 3 aromatic rings. The second kappa shape index (κ2) is 9.01. The van der Waals surface area contributed by atoms with Crippen molar-refractivity contribution in [2.75, 3.05) is 13.2 Å². The lowest BCUT2D eigenvalue weighted by atomic mass is 10.1. The van der Waals surface area contributed by atoms with Gasteiger partial charge in [-0.25, -0.2) is 4.79 Å². The lowest BCUT2D eigenvalue weighted by molar-refractivity contribution is -0.384. The summed E-state index contributed by atoms with van der Waals surface area (Å²) in [7, 11) is 0. The maximum atomic E-state index is 12.4. The van der Waals surface area contributed by atoms with E-state index in [4.69, 9.17) is 4.74 Å². The van der Waals surface area contributed by atoms with Crippen LogP contribution in [-0.2, 0) is 11.3 Å². The molecule has 1 heterocycles. The molecule has 0 aliphatic heterocycles. The number of carbonyl (C=O) groups is 2. The maximum absolute atomic E-state index is 12.4. The number of aromatic nitrogens is 1. The van der Waals surface area contributed by atoms with E-state index in [2.05, 4.69) is 9.88 Å². The number of non-ortho nitro benzene ring substituents is 1. The van der Waals surface area contributed by atoms with Crippen molar-refractivity contribution in [1.29, 1.82) is 0 Å². The van der Waals surface area contributed by atoms with E-state index in [1.807, 2.05) is 36.5 Å². The summed E-state index contributed by atoms with van der Waals surface area (Å²) in [6.07, 6.45) is 2.68. The highest BCUT2D eigenvalue weighted by Gasteiger charge is 2.18. The molecule has 1 N–H and O–H groups in total. The topological polar surface area (TPSA) is 103 Å². The zero-order valence-electron chi connectivity index (χ0n) is 16.0. The second-order valence-electron chi connectivity index (χ2n) is 6.42. The van der Waals surface area contributed by atoms with Gasteiger partial charge in [0.05, 0.1) is 17.1 Å². The molecule has 0 spiro atoms. The number of nitrogens with one attached hydrogen (secondary N) is 1. The standard InChI is InChI=1S/C21H21N3O5/c1-2-29-21(26)17-12-16(13-18(14-17)24(27)28)20(25)22-9-5-10-23-11-8-15-6-3-4-7-19(15)23/h3-4,6-8,11-14H,2,5,9-10H2,1H3,(H,22,25). The van der Waals surface area contributed by atoms with Gasteiger partial charge < -0.3 is 14.6 Å². The molecule has 150 valence electrons. The third-order valence-electron chi connectivity index (χ3n) is 4.44. The van der Waals surface area contributed by atoms with Crippen LogP contribution in [0, 0.1) is 10.1 Å². The monoisotopic (exact) mass is 395 g/mol. The number of hydrogen-bond donors (Lipinski definition) is 1. The van der Waals surface area contributed by atoms with Gasteiger partial charge in [0.25, 0.3) is 11.6 Å². The molecule has 0 atom stereocenters. The quantitative estimate of drug-likeness (QED) is 0.272. The van der Waals surface area contributed by atoms with Gasteiger partial charge in [-0.15, -0.1) is 0 Å². The molecule has 0 saturated heterocycles. The van der Waals surface area contributed by atoms with Gasteiger partial charge in [-0.3, -0.25) is 14.9 Å². The summed E-state index contributed by atoms with van der Waals surface area (Å²) in [6, 6.07) is 13.6. The van der Waals surface area contributed by atoms with E-state index in [1.165, 1.54) is 6.07 Å². The highest BCUT2D eigenvalue weighted by atomic mass is 16.6. The first kappa shape index (κ1) is 20.1. The Morgan fingerprint density at radius 3 is 2.66 bits per heavy atom. The number of esters is 1. The zero-order chi connectivity index (χ0) is 20.8. The van der Waals surface area contributed by atoms with Crippen LogP contribution < -0.4 is 5.32 Å². The molecule has 0 unspecified atom stereocenters. The Bertz CT molecular complexity index is 1060. The van der Waals surface area contributed by atoms with E-state index >= 15 is 0 Å². The number of nitrogens with zero attached hydrogens (tertiary/aromatic N) is 2. The van der Waals surface area contributed by atoms with Gasteiger partial charge in [0.1, 0.15) is 0 Å². The van der Waals surface area contributed by atoms with Gasteiger partial charge in [-0.05, 0) is 36.9 Å². The van der Waals surface area contributed by atoms with Crippen LogP contribution in [0.15, 0.2) is 54.7 Å². The second-order valence-corrected chi connectivity index (χ2v) is 6.42. The Kier molecular flexibility index (Phi) is 6.23. The predicted octanol–water partition coefficient (Wildman–Crippen LogP) is 3.55. The maximum Gasteiger partial charge on any atom is 0.338 e. The molecule has 0 aliphatic carbocycles. The van der Waals surface area contributed by atoms with Crippen molar-refractivity contribution in [3.8, 4) is 0 Å². The number of benzene rings is 2. The average molecular weight is 395 g/mol. The van der Waals surface area contributed by atoms with E-state index < -0.39 is 16.8 Å². The van der Waals surface area contributed by atoms with Crippen LogP contribution in [0.1, 0.15) is 34.1 Å². The molecule has 2 aromatic carbocycles. The molecular weight excluding hydrogens is 374 g/mol. The van der Waals surface area contributed by atoms with Crippen molar-refractivity contribution in [2.24, 2.45) is 0 Å². The first-order valence-electron chi connectivity index (χ1n) is 9.28. The Balaban J connectivity index is 1.63. The zero-order valence-corrected chi connectivity index (χ0v) is 16.0. The minimum absolute atomic E-state index is 0.0231. The molecular formula is C21H21N3O5. The normalized spacial score (nSPS) is 10.7. The van der Waals surface area contributed by atoms with E-state index in [-0.39, 0.29) is 23.4 Å². The third-order valence-corrected chi connectivity index (χ3v) is 4.44. The highest BCUT2D eigenvalue weighted by molar-refractivity contribution is 5.99. The van der Waals surface area contributed by atoms with Gasteiger partial charge in [-0.2, -0.15) is 0 Å². The van der Waals surface area contributed by atoms with Gasteiger partial charge in [0.2, 0.25) is 0 Å². The number of nitro groups is 1. The Morgan fingerprint density at radius 1 is 1.14 bits per heavy atom. The van der Waals surface area contributed by atoms with E-state index in [1.54, 1.807) is 6.92 Å². The first-order chi connectivity index (χ1) is 14.0. The number of rotatable bonds is 8. The summed E-state index contributed by atoms with van der Waals surface area (Å²) in [4.78, 5) is 34.8. The van der Waals surface area contributed by atoms with Crippen molar-refractivity contribution < 1.29 is 19.2 Å². The van der Waals surface area contributed by atoms with Crippen LogP contribution in [0.5, 0.6) is 0 Å². The third kappa shape index (κ3) is 4.78. The van der Waals surface area contributed by atoms with Crippen LogP contribution in [0.4, 0.5) is 5.69 Å². The largest absolute Gasteiger partial charge is 0.462 e. The summed E-state index contributed by atoms with van der Waals surface area (Å²) in [5.74, 6) is -1.18. The molecule has 0 bridgehead atoms. The molecule has 1 aromatic heterocycles. The van der Waals surface area contributed by atoms with E-state index in [0.717, 1.165) is 29.6 Å². The Labute approximate surface area is 167 Å². The fraction of sp³-hybridized carbons (Fsp3) is 0.238. The van der Waals surface area contributed by atoms with Crippen LogP contribution in [0.2, 0.25) is 0 Å². The number of aryl methyl sites for hydroxylation is 1. The number of nitro benzene ring substituents is 1. The van der Waals surface area contributed by atoms with Crippen LogP contribution in [0.25, 0.3) is 10.9 Å². The molecule has 3 rings (SSSR count). The lowest BCUT2D eigenvalue weighted by Gasteiger charge is -2.09. The minimum atomic E-state index is -0.704. The van der Waals surface area contributed by atoms with E-state index in [0.29, 0.717) is 13.0 Å². The fourth-order valence-corrected chi connectivity index (χ4v) is 3.07. The molecule has 8 heteroatoms. The minimum Gasteiger partial charge on any atom is -0.462 e. The summed E-state index contributed by atoms with van der Waals surface area (Å²) in [5, 5.41) is 15.0. The van der Waals surface area contributed by atoms with Gasteiger partial charge >= 0.3 is 5.97 Å². The molecule has 1 amide bonds. The highest BCUT2D eigenvalue weighted by Crippen LogP contribution is 2.19. The summed E-state index contributed by atoms with van der Waals surface area (Å²) in [6.45, 7) is 2.88. The average Bonchev–Trinajstić information content (AvgIpc) is 3.14. The first-order valence-corrected chi connectivity index (χ1v) is 9.28. The fourth-order valence-electron chi connectivity index (χ4n) is 3.07. The molecule has 0 saturated carbocycles. The summed E-state index contributed by atoms with van der Waals surface area (Å²) in [5.41, 5.74) is 0.815. The Morgan fingerprint density at radius 2 is 1.90 bits per heavy atom. The van der Waals surface area contributed by atoms with Crippen molar-refractivity contribution in [3.05, 3.63) is 76.0 Å². The Hall–Kier alpha value is -3.68. The molecule has 0 fully saturated rings. The summed E-state index contributed by atoms with van der Waals surface area (Å²) < 4.78 is 6.98. The lowest BCUT2D eigenvalue weighted by Crippen LogP contribution is -2.25. The van der Waals surface area contributed by atoms with Crippen molar-refractivity contribution in [1.82, 2.24) is 9.88 Å². The number of amides is 1. The molecule has 0 radical (unpaired) electrons. The number of carbonyl (C=O) groups excluding carboxylic acids is 2. The van der Waals surface area contributed by atoms with Crippen LogP contribution in [-0.4, -0.2) is 34.5 Å². The number of hydrogen-bond acceptors (Lipinski definition) is 5. The number of para-hydroxylation sites is 1.